The minimum absolute atomic E-state index is 0.429. The molecule has 4 heteroatoms. The van der Waals surface area contributed by atoms with Gasteiger partial charge in [-0.25, -0.2) is 0 Å². The van der Waals surface area contributed by atoms with Crippen LogP contribution < -0.4 is 5.73 Å². The van der Waals surface area contributed by atoms with E-state index >= 15 is 0 Å². The zero-order valence-corrected chi connectivity index (χ0v) is 9.75. The summed E-state index contributed by atoms with van der Waals surface area (Å²) in [5.74, 6) is 1.51. The van der Waals surface area contributed by atoms with Crippen molar-refractivity contribution in [1.82, 2.24) is 15.1 Å². The van der Waals surface area contributed by atoms with Crippen LogP contribution in [0.15, 0.2) is 6.20 Å². The number of nitrogens with zero attached hydrogens (tertiary/aromatic N) is 2. The quantitative estimate of drug-likeness (QED) is 0.773. The zero-order chi connectivity index (χ0) is 11.1. The third-order valence-electron chi connectivity index (χ3n) is 3.33. The molecule has 0 amide bonds. The van der Waals surface area contributed by atoms with E-state index in [0.717, 1.165) is 18.0 Å². The number of likely N-dealkylation sites (tertiary alicyclic amines) is 1. The van der Waals surface area contributed by atoms with Crippen molar-refractivity contribution in [3.63, 3.8) is 0 Å². The van der Waals surface area contributed by atoms with Gasteiger partial charge in [0, 0.05) is 25.2 Å². The number of nitrogen functional groups attached to an aromatic ring is 1. The summed E-state index contributed by atoms with van der Waals surface area (Å²) in [5, 5.41) is 6.69. The SMILES string of the molecule is CC(C)(C)C1CN(Cc2cn[nH]c2N)C1. The lowest BCUT2D eigenvalue weighted by Crippen LogP contribution is -2.51. The molecule has 15 heavy (non-hydrogen) atoms. The molecule has 0 aromatic carbocycles. The Labute approximate surface area is 90.8 Å². The van der Waals surface area contributed by atoms with Crippen molar-refractivity contribution in [2.45, 2.75) is 27.3 Å². The molecule has 1 aliphatic rings. The zero-order valence-electron chi connectivity index (χ0n) is 9.75. The summed E-state index contributed by atoms with van der Waals surface area (Å²) >= 11 is 0. The third kappa shape index (κ3) is 2.15. The van der Waals surface area contributed by atoms with Gasteiger partial charge in [0.05, 0.1) is 6.20 Å². The standard InChI is InChI=1S/C11H20N4/c1-11(2,3)9-6-15(7-9)5-8-4-13-14-10(8)12/h4,9H,5-7H2,1-3H3,(H3,12,13,14). The first-order valence-corrected chi connectivity index (χ1v) is 5.47. The first-order valence-electron chi connectivity index (χ1n) is 5.47. The molecular formula is C11H20N4. The third-order valence-corrected chi connectivity index (χ3v) is 3.33. The van der Waals surface area contributed by atoms with Crippen molar-refractivity contribution < 1.29 is 0 Å². The van der Waals surface area contributed by atoms with Crippen molar-refractivity contribution in [3.8, 4) is 0 Å². The average Bonchev–Trinajstić information content (AvgIpc) is 2.40. The number of aromatic nitrogens is 2. The number of nitrogens with one attached hydrogen (secondary N) is 1. The summed E-state index contributed by atoms with van der Waals surface area (Å²) in [4.78, 5) is 2.41. The largest absolute Gasteiger partial charge is 0.384 e. The second-order valence-electron chi connectivity index (χ2n) is 5.57. The van der Waals surface area contributed by atoms with E-state index in [9.17, 15) is 0 Å². The Bertz CT molecular complexity index is 331. The number of anilines is 1. The van der Waals surface area contributed by atoms with Crippen LogP contribution in [-0.4, -0.2) is 28.2 Å². The second kappa shape index (κ2) is 3.52. The molecule has 84 valence electrons. The molecule has 0 bridgehead atoms. The minimum atomic E-state index is 0.429. The fourth-order valence-electron chi connectivity index (χ4n) is 1.93. The molecule has 1 aromatic rings. The van der Waals surface area contributed by atoms with E-state index in [0.29, 0.717) is 11.2 Å². The lowest BCUT2D eigenvalue weighted by Gasteiger charge is -2.46. The van der Waals surface area contributed by atoms with Crippen molar-refractivity contribution in [1.29, 1.82) is 0 Å². The first-order chi connectivity index (χ1) is 6.97. The fraction of sp³-hybridized carbons (Fsp3) is 0.727. The van der Waals surface area contributed by atoms with Crippen molar-refractivity contribution in [3.05, 3.63) is 11.8 Å². The predicted molar refractivity (Wildman–Crippen MR) is 61.2 cm³/mol. The van der Waals surface area contributed by atoms with Gasteiger partial charge in [0.25, 0.3) is 0 Å². The van der Waals surface area contributed by atoms with Gasteiger partial charge in [0.15, 0.2) is 0 Å². The molecular weight excluding hydrogens is 188 g/mol. The monoisotopic (exact) mass is 208 g/mol. The van der Waals surface area contributed by atoms with Crippen LogP contribution in [0.4, 0.5) is 5.82 Å². The normalized spacial score (nSPS) is 19.1. The van der Waals surface area contributed by atoms with Gasteiger partial charge in [0.2, 0.25) is 0 Å². The Morgan fingerprint density at radius 3 is 2.67 bits per heavy atom. The number of H-pyrrole nitrogens is 1. The maximum Gasteiger partial charge on any atom is 0.123 e. The molecule has 1 fully saturated rings. The number of hydrogen-bond donors (Lipinski definition) is 2. The van der Waals surface area contributed by atoms with Crippen LogP contribution in [0.3, 0.4) is 0 Å². The van der Waals surface area contributed by atoms with Crippen LogP contribution in [0, 0.1) is 11.3 Å². The van der Waals surface area contributed by atoms with E-state index in [-0.39, 0.29) is 0 Å². The molecule has 1 aromatic heterocycles. The summed E-state index contributed by atoms with van der Waals surface area (Å²) in [7, 11) is 0. The Morgan fingerprint density at radius 2 is 2.20 bits per heavy atom. The van der Waals surface area contributed by atoms with Gasteiger partial charge in [-0.05, 0) is 11.3 Å². The number of hydrogen-bond acceptors (Lipinski definition) is 3. The maximum absolute atomic E-state index is 5.74. The van der Waals surface area contributed by atoms with Crippen LogP contribution >= 0.6 is 0 Å². The summed E-state index contributed by atoms with van der Waals surface area (Å²) in [6, 6.07) is 0. The van der Waals surface area contributed by atoms with E-state index in [2.05, 4.69) is 35.9 Å². The van der Waals surface area contributed by atoms with Gasteiger partial charge in [-0.1, -0.05) is 20.8 Å². The predicted octanol–water partition coefficient (Wildman–Crippen LogP) is 1.47. The number of rotatable bonds is 2. The molecule has 2 heterocycles. The van der Waals surface area contributed by atoms with Gasteiger partial charge >= 0.3 is 0 Å². The molecule has 3 N–H and O–H groups in total. The average molecular weight is 208 g/mol. The highest BCUT2D eigenvalue weighted by molar-refractivity contribution is 5.36. The van der Waals surface area contributed by atoms with Gasteiger partial charge in [-0.15, -0.1) is 0 Å². The lowest BCUT2D eigenvalue weighted by molar-refractivity contribution is 0.0191. The van der Waals surface area contributed by atoms with Crippen LogP contribution in [-0.2, 0) is 6.54 Å². The number of nitrogens with two attached hydrogens (primary N) is 1. The van der Waals surface area contributed by atoms with Gasteiger partial charge in [-0.2, -0.15) is 5.10 Å². The van der Waals surface area contributed by atoms with E-state index in [1.807, 2.05) is 6.20 Å². The maximum atomic E-state index is 5.74. The summed E-state index contributed by atoms with van der Waals surface area (Å²) in [6.45, 7) is 10.2. The lowest BCUT2D eigenvalue weighted by atomic mass is 9.76. The highest BCUT2D eigenvalue weighted by Gasteiger charge is 2.35. The summed E-state index contributed by atoms with van der Waals surface area (Å²) < 4.78 is 0. The molecule has 0 atom stereocenters. The Balaban J connectivity index is 1.84. The van der Waals surface area contributed by atoms with E-state index in [1.165, 1.54) is 13.1 Å². The topological polar surface area (TPSA) is 57.9 Å². The van der Waals surface area contributed by atoms with Crippen LogP contribution in [0.2, 0.25) is 0 Å². The molecule has 4 nitrogen and oxygen atoms in total. The molecule has 0 radical (unpaired) electrons. The van der Waals surface area contributed by atoms with E-state index in [4.69, 9.17) is 5.73 Å². The van der Waals surface area contributed by atoms with Gasteiger partial charge in [0.1, 0.15) is 5.82 Å². The molecule has 0 saturated carbocycles. The first kappa shape index (κ1) is 10.5. The number of aromatic amines is 1. The Kier molecular flexibility index (Phi) is 2.46. The molecule has 0 unspecified atom stereocenters. The van der Waals surface area contributed by atoms with Crippen molar-refractivity contribution in [2.75, 3.05) is 18.8 Å². The second-order valence-corrected chi connectivity index (χ2v) is 5.57. The fourth-order valence-corrected chi connectivity index (χ4v) is 1.93. The van der Waals surface area contributed by atoms with E-state index in [1.54, 1.807) is 0 Å². The van der Waals surface area contributed by atoms with Gasteiger partial charge < -0.3 is 5.73 Å². The van der Waals surface area contributed by atoms with Crippen LogP contribution in [0.5, 0.6) is 0 Å². The highest BCUT2D eigenvalue weighted by atomic mass is 15.2. The summed E-state index contributed by atoms with van der Waals surface area (Å²) in [5.41, 5.74) is 7.29. The summed E-state index contributed by atoms with van der Waals surface area (Å²) in [6.07, 6.45) is 1.82. The Morgan fingerprint density at radius 1 is 1.53 bits per heavy atom. The van der Waals surface area contributed by atoms with Crippen LogP contribution in [0.1, 0.15) is 26.3 Å². The molecule has 0 aliphatic carbocycles. The van der Waals surface area contributed by atoms with Crippen molar-refractivity contribution >= 4 is 5.82 Å². The molecule has 2 rings (SSSR count). The molecule has 0 spiro atoms. The van der Waals surface area contributed by atoms with Gasteiger partial charge in [-0.3, -0.25) is 10.00 Å². The van der Waals surface area contributed by atoms with E-state index < -0.39 is 0 Å². The minimum Gasteiger partial charge on any atom is -0.384 e. The van der Waals surface area contributed by atoms with Crippen molar-refractivity contribution in [2.24, 2.45) is 11.3 Å². The van der Waals surface area contributed by atoms with Crippen LogP contribution in [0.25, 0.3) is 0 Å². The highest BCUT2D eigenvalue weighted by Crippen LogP contribution is 2.34. The molecule has 1 aliphatic heterocycles. The molecule has 1 saturated heterocycles. The smallest absolute Gasteiger partial charge is 0.123 e. The Hall–Kier alpha value is -1.03.